The van der Waals surface area contributed by atoms with E-state index in [1.165, 1.54) is 0 Å². The molecule has 0 spiro atoms. The predicted molar refractivity (Wildman–Crippen MR) is 85.0 cm³/mol. The third-order valence-corrected chi connectivity index (χ3v) is 2.64. The molecule has 0 fully saturated rings. The predicted octanol–water partition coefficient (Wildman–Crippen LogP) is -4.08. The van der Waals surface area contributed by atoms with Crippen molar-refractivity contribution in [2.75, 3.05) is 39.6 Å². The van der Waals surface area contributed by atoms with Gasteiger partial charge in [0, 0.05) is 26.4 Å². The summed E-state index contributed by atoms with van der Waals surface area (Å²) in [6.07, 6.45) is -3.52. The van der Waals surface area contributed by atoms with Crippen LogP contribution in [0.2, 0.25) is 0 Å². The Hall–Kier alpha value is -0.400. The molecular formula is C14H34O10. The summed E-state index contributed by atoms with van der Waals surface area (Å²) in [7, 11) is 0. The van der Waals surface area contributed by atoms with Crippen molar-refractivity contribution in [1.82, 2.24) is 0 Å². The lowest BCUT2D eigenvalue weighted by atomic mass is 10.0. The Morgan fingerprint density at radius 2 is 0.625 bits per heavy atom. The average molecular weight is 362 g/mol. The summed E-state index contributed by atoms with van der Waals surface area (Å²) in [5, 5.41) is 84.5. The van der Waals surface area contributed by atoms with Crippen molar-refractivity contribution >= 4 is 0 Å². The van der Waals surface area contributed by atoms with E-state index in [0.717, 1.165) is 25.7 Å². The maximum Gasteiger partial charge on any atom is 0.111 e. The van der Waals surface area contributed by atoms with Gasteiger partial charge in [-0.15, -0.1) is 0 Å². The van der Waals surface area contributed by atoms with E-state index in [9.17, 15) is 0 Å². The first-order chi connectivity index (χ1) is 11.4. The molecule has 0 aliphatic rings. The van der Waals surface area contributed by atoms with E-state index in [0.29, 0.717) is 0 Å². The lowest BCUT2D eigenvalue weighted by Crippen LogP contribution is -2.46. The van der Waals surface area contributed by atoms with Gasteiger partial charge in [-0.1, -0.05) is 0 Å². The molecule has 4 unspecified atom stereocenters. The third-order valence-electron chi connectivity index (χ3n) is 2.64. The number of aliphatic hydroxyl groups excluding tert-OH is 10. The highest BCUT2D eigenvalue weighted by Gasteiger charge is 2.29. The van der Waals surface area contributed by atoms with E-state index < -0.39 is 37.6 Å². The van der Waals surface area contributed by atoms with Crippen LogP contribution in [0.5, 0.6) is 0 Å². The highest BCUT2D eigenvalue weighted by Crippen LogP contribution is 2.04. The van der Waals surface area contributed by atoms with Crippen molar-refractivity contribution in [1.29, 1.82) is 0 Å². The van der Waals surface area contributed by atoms with Gasteiger partial charge in [0.15, 0.2) is 0 Å². The number of hydrogen-bond donors (Lipinski definition) is 10. The van der Waals surface area contributed by atoms with Gasteiger partial charge in [-0.25, -0.2) is 0 Å². The lowest BCUT2D eigenvalue weighted by molar-refractivity contribution is -0.123. The van der Waals surface area contributed by atoms with E-state index in [2.05, 4.69) is 0 Å². The first-order valence-electron chi connectivity index (χ1n) is 7.75. The van der Waals surface area contributed by atoms with Crippen LogP contribution < -0.4 is 0 Å². The molecule has 0 amide bonds. The molecule has 150 valence electrons. The standard InChI is InChI=1S/C6H14O6.2C4H10O2/c7-1-3(9)5(11)6(12)4(10)2-8;2*5-3-1-2-4-6/h3-12H,1-2H2;2*5-6H,1-4H2. The van der Waals surface area contributed by atoms with Gasteiger partial charge < -0.3 is 51.1 Å². The van der Waals surface area contributed by atoms with E-state index in [1.54, 1.807) is 0 Å². The topological polar surface area (TPSA) is 202 Å². The van der Waals surface area contributed by atoms with Crippen LogP contribution in [0, 0.1) is 0 Å². The number of unbranched alkanes of at least 4 members (excludes halogenated alkanes) is 2. The normalized spacial score (nSPS) is 15.2. The van der Waals surface area contributed by atoms with Crippen LogP contribution in [0.4, 0.5) is 0 Å². The molecule has 0 radical (unpaired) electrons. The minimum absolute atomic E-state index is 0.195. The van der Waals surface area contributed by atoms with Crippen molar-refractivity contribution in [3.63, 3.8) is 0 Å². The van der Waals surface area contributed by atoms with Crippen LogP contribution in [0.15, 0.2) is 0 Å². The molecule has 10 N–H and O–H groups in total. The largest absolute Gasteiger partial charge is 0.396 e. The van der Waals surface area contributed by atoms with Gasteiger partial charge >= 0.3 is 0 Å². The van der Waals surface area contributed by atoms with Crippen molar-refractivity contribution in [3.05, 3.63) is 0 Å². The molecule has 0 aromatic carbocycles. The monoisotopic (exact) mass is 362 g/mol. The quantitative estimate of drug-likeness (QED) is 0.161. The summed E-state index contributed by atoms with van der Waals surface area (Å²) in [6.45, 7) is -0.672. The van der Waals surface area contributed by atoms with E-state index in [-0.39, 0.29) is 26.4 Å². The highest BCUT2D eigenvalue weighted by molar-refractivity contribution is 4.79. The summed E-state index contributed by atoms with van der Waals surface area (Å²) in [5.74, 6) is 0. The van der Waals surface area contributed by atoms with Crippen molar-refractivity contribution in [3.8, 4) is 0 Å². The maximum absolute atomic E-state index is 8.96. The van der Waals surface area contributed by atoms with Gasteiger partial charge in [0.05, 0.1) is 13.2 Å². The Bertz CT molecular complexity index is 190. The molecule has 0 aromatic heterocycles. The lowest BCUT2D eigenvalue weighted by Gasteiger charge is -2.24. The summed E-state index contributed by atoms with van der Waals surface area (Å²) >= 11 is 0. The first kappa shape index (κ1) is 28.4. The molecule has 10 heteroatoms. The molecule has 0 aromatic rings. The minimum Gasteiger partial charge on any atom is -0.396 e. The second-order valence-electron chi connectivity index (χ2n) is 4.79. The van der Waals surface area contributed by atoms with Gasteiger partial charge in [0.2, 0.25) is 0 Å². The SMILES string of the molecule is OCC(O)C(O)C(O)C(O)CO.OCCCCO.OCCCCO. The number of hydrogen-bond acceptors (Lipinski definition) is 10. The van der Waals surface area contributed by atoms with Crippen molar-refractivity contribution < 1.29 is 51.1 Å². The zero-order valence-electron chi connectivity index (χ0n) is 13.9. The van der Waals surface area contributed by atoms with Gasteiger partial charge in [-0.3, -0.25) is 0 Å². The fourth-order valence-electron chi connectivity index (χ4n) is 1.12. The Morgan fingerprint density at radius 1 is 0.417 bits per heavy atom. The van der Waals surface area contributed by atoms with Crippen LogP contribution in [-0.4, -0.2) is 115 Å². The highest BCUT2D eigenvalue weighted by atomic mass is 16.4. The zero-order valence-corrected chi connectivity index (χ0v) is 13.9. The Kier molecular flexibility index (Phi) is 26.7. The molecule has 4 atom stereocenters. The molecule has 10 nitrogen and oxygen atoms in total. The molecule has 0 bridgehead atoms. The summed E-state index contributed by atoms with van der Waals surface area (Å²) in [4.78, 5) is 0. The van der Waals surface area contributed by atoms with E-state index in [4.69, 9.17) is 51.1 Å². The van der Waals surface area contributed by atoms with E-state index >= 15 is 0 Å². The Balaban J connectivity index is -0.000000309. The fourth-order valence-corrected chi connectivity index (χ4v) is 1.12. The molecule has 0 rings (SSSR count). The van der Waals surface area contributed by atoms with Gasteiger partial charge in [0.1, 0.15) is 24.4 Å². The zero-order chi connectivity index (χ0) is 19.4. The third kappa shape index (κ3) is 19.6. The van der Waals surface area contributed by atoms with Gasteiger partial charge in [0.25, 0.3) is 0 Å². The fraction of sp³-hybridized carbons (Fsp3) is 1.00. The van der Waals surface area contributed by atoms with Crippen LogP contribution >= 0.6 is 0 Å². The maximum atomic E-state index is 8.96. The molecule has 0 aliphatic carbocycles. The summed E-state index contributed by atoms with van der Waals surface area (Å²) in [5.41, 5.74) is 0. The average Bonchev–Trinajstić information content (AvgIpc) is 2.62. The molecule has 0 saturated heterocycles. The van der Waals surface area contributed by atoms with Crippen LogP contribution in [0.3, 0.4) is 0 Å². The minimum atomic E-state index is -1.67. The second kappa shape index (κ2) is 22.6. The Labute approximate surface area is 141 Å². The Morgan fingerprint density at radius 3 is 0.750 bits per heavy atom. The number of aliphatic hydroxyl groups is 10. The molecule has 0 aliphatic heterocycles. The van der Waals surface area contributed by atoms with Crippen molar-refractivity contribution in [2.24, 2.45) is 0 Å². The molecule has 24 heavy (non-hydrogen) atoms. The first-order valence-corrected chi connectivity index (χ1v) is 7.75. The smallest absolute Gasteiger partial charge is 0.111 e. The summed E-state index contributed by atoms with van der Waals surface area (Å²) in [6, 6.07) is 0. The molecular weight excluding hydrogens is 328 g/mol. The summed E-state index contributed by atoms with van der Waals surface area (Å²) < 4.78 is 0. The number of rotatable bonds is 11. The van der Waals surface area contributed by atoms with Crippen LogP contribution in [-0.2, 0) is 0 Å². The van der Waals surface area contributed by atoms with Crippen LogP contribution in [0.1, 0.15) is 25.7 Å². The van der Waals surface area contributed by atoms with Crippen LogP contribution in [0.25, 0.3) is 0 Å². The second-order valence-corrected chi connectivity index (χ2v) is 4.79. The van der Waals surface area contributed by atoms with Gasteiger partial charge in [-0.05, 0) is 25.7 Å². The molecule has 0 saturated carbocycles. The van der Waals surface area contributed by atoms with Gasteiger partial charge in [-0.2, -0.15) is 0 Å². The van der Waals surface area contributed by atoms with Crippen molar-refractivity contribution in [2.45, 2.75) is 50.1 Å². The molecule has 0 heterocycles. The van der Waals surface area contributed by atoms with E-state index in [1.807, 2.05) is 0 Å².